The average Bonchev–Trinajstić information content (AvgIpc) is 2.81. The Morgan fingerprint density at radius 1 is 0.875 bits per heavy atom. The highest BCUT2D eigenvalue weighted by Crippen LogP contribution is 2.25. The normalized spacial score (nSPS) is 15.0. The van der Waals surface area contributed by atoms with E-state index in [9.17, 15) is 4.79 Å². The molecule has 0 atom stereocenters. The molecule has 0 radical (unpaired) electrons. The molecule has 1 aliphatic heterocycles. The molecular formula is C28H32N2O2. The highest BCUT2D eigenvalue weighted by Gasteiger charge is 2.17. The fraction of sp³-hybridized carbons (Fsp3) is 0.321. The molecule has 0 saturated carbocycles. The molecular weight excluding hydrogens is 396 g/mol. The van der Waals surface area contributed by atoms with Crippen molar-refractivity contribution in [1.82, 2.24) is 10.2 Å². The molecule has 3 aromatic carbocycles. The molecule has 0 bridgehead atoms. The van der Waals surface area contributed by atoms with E-state index in [0.29, 0.717) is 12.1 Å². The van der Waals surface area contributed by atoms with Crippen LogP contribution in [0.3, 0.4) is 0 Å². The summed E-state index contributed by atoms with van der Waals surface area (Å²) >= 11 is 0. The first-order chi connectivity index (χ1) is 15.6. The van der Waals surface area contributed by atoms with E-state index in [-0.39, 0.29) is 0 Å². The van der Waals surface area contributed by atoms with Gasteiger partial charge >= 0.3 is 5.97 Å². The molecule has 1 heterocycles. The molecule has 2 N–H and O–H groups in total. The maximum Gasteiger partial charge on any atom is 0.335 e. The van der Waals surface area contributed by atoms with Crippen LogP contribution in [0.1, 0.15) is 39.9 Å². The van der Waals surface area contributed by atoms with Crippen LogP contribution >= 0.6 is 0 Å². The molecule has 0 unspecified atom stereocenters. The van der Waals surface area contributed by atoms with Gasteiger partial charge < -0.3 is 15.3 Å². The predicted molar refractivity (Wildman–Crippen MR) is 130 cm³/mol. The van der Waals surface area contributed by atoms with E-state index in [1.54, 1.807) is 18.2 Å². The zero-order chi connectivity index (χ0) is 22.3. The maximum atomic E-state index is 11.1. The van der Waals surface area contributed by atoms with Crippen molar-refractivity contribution >= 4 is 5.97 Å². The Labute approximate surface area is 190 Å². The van der Waals surface area contributed by atoms with Crippen LogP contribution in [-0.2, 0) is 19.5 Å². The second-order valence-corrected chi connectivity index (χ2v) is 8.96. The number of rotatable bonds is 8. The molecule has 0 aliphatic carbocycles. The minimum absolute atomic E-state index is 0.325. The SMILES string of the molecule is CN1CCC(Cc2cccc(-c3cccc(CNCc4cccc(C(=O)O)c4)c3)c2)CC1. The Hall–Kier alpha value is -2.95. The molecule has 166 valence electrons. The summed E-state index contributed by atoms with van der Waals surface area (Å²) in [6.07, 6.45) is 3.74. The Morgan fingerprint density at radius 3 is 2.09 bits per heavy atom. The molecule has 4 rings (SSSR count). The number of nitrogens with zero attached hydrogens (tertiary/aromatic N) is 1. The molecule has 0 aromatic heterocycles. The van der Waals surface area contributed by atoms with Crippen LogP contribution < -0.4 is 5.32 Å². The first kappa shape index (κ1) is 22.3. The van der Waals surface area contributed by atoms with Crippen LogP contribution in [0.2, 0.25) is 0 Å². The maximum absolute atomic E-state index is 11.1. The summed E-state index contributed by atoms with van der Waals surface area (Å²) in [4.78, 5) is 13.6. The van der Waals surface area contributed by atoms with E-state index in [4.69, 9.17) is 5.11 Å². The second-order valence-electron chi connectivity index (χ2n) is 8.96. The molecule has 1 aliphatic rings. The van der Waals surface area contributed by atoms with Gasteiger partial charge in [0.25, 0.3) is 0 Å². The number of hydrogen-bond donors (Lipinski definition) is 2. The lowest BCUT2D eigenvalue weighted by Gasteiger charge is -2.29. The number of piperidine rings is 1. The Bertz CT molecular complexity index is 1050. The lowest BCUT2D eigenvalue weighted by atomic mass is 9.89. The lowest BCUT2D eigenvalue weighted by Crippen LogP contribution is -2.30. The molecule has 1 saturated heterocycles. The van der Waals surface area contributed by atoms with Crippen LogP contribution in [0.4, 0.5) is 0 Å². The average molecular weight is 429 g/mol. The third kappa shape index (κ3) is 6.06. The number of likely N-dealkylation sites (tertiary alicyclic amines) is 1. The lowest BCUT2D eigenvalue weighted by molar-refractivity contribution is 0.0696. The minimum Gasteiger partial charge on any atom is -0.478 e. The van der Waals surface area contributed by atoms with Gasteiger partial charge in [-0.25, -0.2) is 4.79 Å². The standard InChI is InChI=1S/C28H32N2O2/c1-30-13-11-21(12-14-30)15-22-5-2-8-25(16-22)26-9-3-6-23(17-26)19-29-20-24-7-4-10-27(18-24)28(31)32/h2-10,16-18,21,29H,11-15,19-20H2,1H3,(H,31,32). The predicted octanol–water partition coefficient (Wildman–Crippen LogP) is 5.23. The van der Waals surface area contributed by atoms with Crippen LogP contribution in [0, 0.1) is 5.92 Å². The smallest absolute Gasteiger partial charge is 0.335 e. The molecule has 0 spiro atoms. The van der Waals surface area contributed by atoms with E-state index >= 15 is 0 Å². The third-order valence-electron chi connectivity index (χ3n) is 6.38. The molecule has 4 heteroatoms. The van der Waals surface area contributed by atoms with Crippen molar-refractivity contribution in [3.63, 3.8) is 0 Å². The number of carboxylic acid groups (broad SMARTS) is 1. The number of aromatic carboxylic acids is 1. The summed E-state index contributed by atoms with van der Waals surface area (Å²) in [5, 5.41) is 12.6. The zero-order valence-corrected chi connectivity index (χ0v) is 18.8. The summed E-state index contributed by atoms with van der Waals surface area (Å²) in [7, 11) is 2.21. The van der Waals surface area contributed by atoms with Gasteiger partial charge in [0, 0.05) is 13.1 Å². The summed E-state index contributed by atoms with van der Waals surface area (Å²) in [6.45, 7) is 3.79. The van der Waals surface area contributed by atoms with Gasteiger partial charge in [-0.3, -0.25) is 0 Å². The van der Waals surface area contributed by atoms with Crippen molar-refractivity contribution in [3.05, 3.63) is 95.1 Å². The molecule has 3 aromatic rings. The van der Waals surface area contributed by atoms with E-state index in [0.717, 1.165) is 18.0 Å². The Morgan fingerprint density at radius 2 is 1.44 bits per heavy atom. The second kappa shape index (κ2) is 10.6. The molecule has 4 nitrogen and oxygen atoms in total. The van der Waals surface area contributed by atoms with Gasteiger partial charge in [-0.2, -0.15) is 0 Å². The number of carboxylic acids is 1. The highest BCUT2D eigenvalue weighted by atomic mass is 16.4. The Balaban J connectivity index is 1.37. The topological polar surface area (TPSA) is 52.6 Å². The molecule has 0 amide bonds. The van der Waals surface area contributed by atoms with Crippen LogP contribution in [0.25, 0.3) is 11.1 Å². The van der Waals surface area contributed by atoms with Crippen molar-refractivity contribution in [2.75, 3.05) is 20.1 Å². The van der Waals surface area contributed by atoms with Crippen LogP contribution in [0.5, 0.6) is 0 Å². The number of carbonyl (C=O) groups is 1. The summed E-state index contributed by atoms with van der Waals surface area (Å²) in [5.41, 5.74) is 6.46. The zero-order valence-electron chi connectivity index (χ0n) is 18.8. The fourth-order valence-electron chi connectivity index (χ4n) is 4.50. The molecule has 32 heavy (non-hydrogen) atoms. The summed E-state index contributed by atoms with van der Waals surface area (Å²) in [5.74, 6) is -0.103. The number of benzene rings is 3. The minimum atomic E-state index is -0.891. The quantitative estimate of drug-likeness (QED) is 0.516. The van der Waals surface area contributed by atoms with Crippen molar-refractivity contribution < 1.29 is 9.90 Å². The van der Waals surface area contributed by atoms with E-state index in [1.165, 1.54) is 54.6 Å². The van der Waals surface area contributed by atoms with Gasteiger partial charge in [0.05, 0.1) is 5.56 Å². The number of nitrogens with one attached hydrogen (secondary N) is 1. The largest absolute Gasteiger partial charge is 0.478 e. The number of hydrogen-bond acceptors (Lipinski definition) is 3. The van der Waals surface area contributed by atoms with Crippen molar-refractivity contribution in [1.29, 1.82) is 0 Å². The summed E-state index contributed by atoms with van der Waals surface area (Å²) in [6, 6.07) is 24.7. The van der Waals surface area contributed by atoms with Crippen LogP contribution in [0.15, 0.2) is 72.8 Å². The van der Waals surface area contributed by atoms with Gasteiger partial charge in [-0.1, -0.05) is 54.6 Å². The van der Waals surface area contributed by atoms with E-state index < -0.39 is 5.97 Å². The fourth-order valence-corrected chi connectivity index (χ4v) is 4.50. The molecule has 1 fully saturated rings. The highest BCUT2D eigenvalue weighted by molar-refractivity contribution is 5.87. The van der Waals surface area contributed by atoms with Gasteiger partial charge in [-0.05, 0) is 91.3 Å². The summed E-state index contributed by atoms with van der Waals surface area (Å²) < 4.78 is 0. The third-order valence-corrected chi connectivity index (χ3v) is 6.38. The van der Waals surface area contributed by atoms with Crippen molar-refractivity contribution in [2.24, 2.45) is 5.92 Å². The van der Waals surface area contributed by atoms with Crippen molar-refractivity contribution in [3.8, 4) is 11.1 Å². The van der Waals surface area contributed by atoms with E-state index in [1.807, 2.05) is 6.07 Å². The first-order valence-electron chi connectivity index (χ1n) is 11.5. The van der Waals surface area contributed by atoms with Crippen LogP contribution in [-0.4, -0.2) is 36.1 Å². The van der Waals surface area contributed by atoms with Gasteiger partial charge in [0.2, 0.25) is 0 Å². The first-order valence-corrected chi connectivity index (χ1v) is 11.5. The van der Waals surface area contributed by atoms with E-state index in [2.05, 4.69) is 65.8 Å². The van der Waals surface area contributed by atoms with Gasteiger partial charge in [0.15, 0.2) is 0 Å². The van der Waals surface area contributed by atoms with Crippen molar-refractivity contribution in [2.45, 2.75) is 32.4 Å². The van der Waals surface area contributed by atoms with Gasteiger partial charge in [0.1, 0.15) is 0 Å². The van der Waals surface area contributed by atoms with Gasteiger partial charge in [-0.15, -0.1) is 0 Å². The Kier molecular flexibility index (Phi) is 7.35. The monoisotopic (exact) mass is 428 g/mol.